The van der Waals surface area contributed by atoms with Gasteiger partial charge in [-0.05, 0) is 24.3 Å². The molecule has 0 atom stereocenters. The van der Waals surface area contributed by atoms with Crippen LogP contribution in [0.1, 0.15) is 18.9 Å². The monoisotopic (exact) mass is 366 g/mol. The van der Waals surface area contributed by atoms with Crippen LogP contribution in [0.25, 0.3) is 0 Å². The first-order valence-electron chi connectivity index (χ1n) is 6.87. The summed E-state index contributed by atoms with van der Waals surface area (Å²) in [4.78, 5) is 8.94. The van der Waals surface area contributed by atoms with Crippen molar-refractivity contribution in [1.29, 1.82) is 0 Å². The van der Waals surface area contributed by atoms with Crippen LogP contribution < -0.4 is 10.6 Å². The van der Waals surface area contributed by atoms with Crippen LogP contribution in [0, 0.1) is 0 Å². The summed E-state index contributed by atoms with van der Waals surface area (Å²) >= 11 is 5.10. The van der Waals surface area contributed by atoms with E-state index in [-0.39, 0.29) is 0 Å². The molecule has 0 bridgehead atoms. The van der Waals surface area contributed by atoms with Gasteiger partial charge in [0.1, 0.15) is 11.6 Å². The molecule has 1 aromatic carbocycles. The third-order valence-electron chi connectivity index (χ3n) is 2.86. The maximum atomic E-state index is 4.49. The lowest BCUT2D eigenvalue weighted by molar-refractivity contribution is 0.921. The average molecular weight is 367 g/mol. The molecule has 0 amide bonds. The first-order valence-corrected chi connectivity index (χ1v) is 8.89. The molecule has 0 saturated carbocycles. The van der Waals surface area contributed by atoms with E-state index < -0.39 is 0 Å². The summed E-state index contributed by atoms with van der Waals surface area (Å²) in [5, 5.41) is 7.43. The normalized spacial score (nSPS) is 10.4. The first kappa shape index (κ1) is 16.1. The van der Waals surface area contributed by atoms with E-state index in [1.807, 2.05) is 30.5 Å². The predicted octanol–water partition coefficient (Wildman–Crippen LogP) is 4.40. The van der Waals surface area contributed by atoms with Crippen molar-refractivity contribution in [3.63, 3.8) is 0 Å². The minimum absolute atomic E-state index is 0.722. The molecule has 2 N–H and O–H groups in total. The fourth-order valence-electron chi connectivity index (χ4n) is 1.78. The number of rotatable bonds is 7. The zero-order chi connectivity index (χ0) is 15.1. The molecular formula is C15H19BrN4S. The van der Waals surface area contributed by atoms with Crippen LogP contribution in [-0.2, 0) is 6.54 Å². The van der Waals surface area contributed by atoms with Gasteiger partial charge in [-0.2, -0.15) is 0 Å². The van der Waals surface area contributed by atoms with Gasteiger partial charge < -0.3 is 10.6 Å². The quantitative estimate of drug-likeness (QED) is 0.561. The maximum Gasteiger partial charge on any atom is 0.191 e. The van der Waals surface area contributed by atoms with Crippen LogP contribution in [-0.4, -0.2) is 22.8 Å². The fraction of sp³-hybridized carbons (Fsp3) is 0.333. The summed E-state index contributed by atoms with van der Waals surface area (Å²) < 4.78 is 1.10. The van der Waals surface area contributed by atoms with Crippen LogP contribution in [0.2, 0.25) is 0 Å². The lowest BCUT2D eigenvalue weighted by Gasteiger charge is -2.11. The number of aromatic nitrogens is 2. The molecular weight excluding hydrogens is 348 g/mol. The van der Waals surface area contributed by atoms with Gasteiger partial charge in [0.25, 0.3) is 0 Å². The first-order chi connectivity index (χ1) is 10.2. The van der Waals surface area contributed by atoms with E-state index in [0.29, 0.717) is 0 Å². The molecule has 0 spiro atoms. The number of halogens is 1. The van der Waals surface area contributed by atoms with Crippen molar-refractivity contribution in [3.05, 3.63) is 40.4 Å². The van der Waals surface area contributed by atoms with E-state index >= 15 is 0 Å². The molecule has 0 aliphatic carbocycles. The maximum absolute atomic E-state index is 4.49. The molecule has 0 fully saturated rings. The molecule has 2 aromatic rings. The van der Waals surface area contributed by atoms with E-state index in [1.54, 1.807) is 11.8 Å². The number of nitrogens with one attached hydrogen (secondary N) is 2. The SMILES string of the molecule is CCCNc1cc(NCc2ccccc2Br)nc(SC)n1. The summed E-state index contributed by atoms with van der Waals surface area (Å²) in [7, 11) is 0. The van der Waals surface area contributed by atoms with Crippen molar-refractivity contribution in [2.75, 3.05) is 23.4 Å². The van der Waals surface area contributed by atoms with Gasteiger partial charge in [0.15, 0.2) is 5.16 Å². The van der Waals surface area contributed by atoms with Crippen molar-refractivity contribution < 1.29 is 0 Å². The summed E-state index contributed by atoms with van der Waals surface area (Å²) in [6.45, 7) is 3.77. The molecule has 0 unspecified atom stereocenters. The summed E-state index contributed by atoms with van der Waals surface area (Å²) in [6.07, 6.45) is 3.05. The zero-order valence-electron chi connectivity index (χ0n) is 12.2. The topological polar surface area (TPSA) is 49.8 Å². The van der Waals surface area contributed by atoms with Crippen LogP contribution in [0.4, 0.5) is 11.6 Å². The largest absolute Gasteiger partial charge is 0.370 e. The summed E-state index contributed by atoms with van der Waals surface area (Å²) in [5.74, 6) is 1.70. The van der Waals surface area contributed by atoms with Gasteiger partial charge in [-0.25, -0.2) is 9.97 Å². The highest BCUT2D eigenvalue weighted by Crippen LogP contribution is 2.20. The van der Waals surface area contributed by atoms with Crippen molar-refractivity contribution >= 4 is 39.3 Å². The van der Waals surface area contributed by atoms with E-state index in [2.05, 4.69) is 49.5 Å². The third-order valence-corrected chi connectivity index (χ3v) is 4.18. The molecule has 4 nitrogen and oxygen atoms in total. The number of hydrogen-bond donors (Lipinski definition) is 2. The standard InChI is InChI=1S/C15H19BrN4S/c1-3-8-17-13-9-14(20-15(19-13)21-2)18-10-11-6-4-5-7-12(11)16/h4-7,9H,3,8,10H2,1-2H3,(H2,17,18,19,20). The van der Waals surface area contributed by atoms with Gasteiger partial charge in [-0.1, -0.05) is 52.8 Å². The Labute approximate surface area is 138 Å². The Morgan fingerprint density at radius 2 is 1.86 bits per heavy atom. The minimum atomic E-state index is 0.722. The Kier molecular flexibility index (Phi) is 6.32. The highest BCUT2D eigenvalue weighted by atomic mass is 79.9. The van der Waals surface area contributed by atoms with Crippen LogP contribution in [0.3, 0.4) is 0 Å². The molecule has 0 saturated heterocycles. The Morgan fingerprint density at radius 1 is 1.14 bits per heavy atom. The highest BCUT2D eigenvalue weighted by Gasteiger charge is 2.05. The predicted molar refractivity (Wildman–Crippen MR) is 94.1 cm³/mol. The van der Waals surface area contributed by atoms with Gasteiger partial charge in [0, 0.05) is 23.6 Å². The number of anilines is 2. The van der Waals surface area contributed by atoms with E-state index in [9.17, 15) is 0 Å². The third kappa shape index (κ3) is 4.89. The van der Waals surface area contributed by atoms with Crippen LogP contribution in [0.5, 0.6) is 0 Å². The smallest absolute Gasteiger partial charge is 0.191 e. The summed E-state index contributed by atoms with van der Waals surface area (Å²) in [5.41, 5.74) is 1.20. The Balaban J connectivity index is 2.09. The van der Waals surface area contributed by atoms with E-state index in [1.165, 1.54) is 5.56 Å². The molecule has 21 heavy (non-hydrogen) atoms. The van der Waals surface area contributed by atoms with E-state index in [4.69, 9.17) is 0 Å². The van der Waals surface area contributed by atoms with Crippen molar-refractivity contribution in [3.8, 4) is 0 Å². The van der Waals surface area contributed by atoms with Gasteiger partial charge >= 0.3 is 0 Å². The van der Waals surface area contributed by atoms with Crippen molar-refractivity contribution in [2.45, 2.75) is 25.0 Å². The van der Waals surface area contributed by atoms with Gasteiger partial charge in [0.2, 0.25) is 0 Å². The zero-order valence-corrected chi connectivity index (χ0v) is 14.6. The molecule has 0 aliphatic rings. The second-order valence-electron chi connectivity index (χ2n) is 4.50. The minimum Gasteiger partial charge on any atom is -0.370 e. The molecule has 1 heterocycles. The Bertz CT molecular complexity index is 592. The molecule has 0 aliphatic heterocycles. The second kappa shape index (κ2) is 8.24. The fourth-order valence-corrected chi connectivity index (χ4v) is 2.58. The molecule has 2 rings (SSSR count). The van der Waals surface area contributed by atoms with Gasteiger partial charge in [-0.3, -0.25) is 0 Å². The Morgan fingerprint density at radius 3 is 2.52 bits per heavy atom. The van der Waals surface area contributed by atoms with Gasteiger partial charge in [0.05, 0.1) is 0 Å². The number of nitrogens with zero attached hydrogens (tertiary/aromatic N) is 2. The number of benzene rings is 1. The van der Waals surface area contributed by atoms with Crippen LogP contribution in [0.15, 0.2) is 40.0 Å². The molecule has 112 valence electrons. The highest BCUT2D eigenvalue weighted by molar-refractivity contribution is 9.10. The lowest BCUT2D eigenvalue weighted by Crippen LogP contribution is -2.07. The van der Waals surface area contributed by atoms with E-state index in [0.717, 1.165) is 40.8 Å². The molecule has 0 radical (unpaired) electrons. The number of thioether (sulfide) groups is 1. The lowest BCUT2D eigenvalue weighted by atomic mass is 10.2. The van der Waals surface area contributed by atoms with Crippen LogP contribution >= 0.6 is 27.7 Å². The molecule has 6 heteroatoms. The second-order valence-corrected chi connectivity index (χ2v) is 6.12. The Hall–Kier alpha value is -1.27. The summed E-state index contributed by atoms with van der Waals surface area (Å²) in [6, 6.07) is 10.1. The average Bonchev–Trinajstić information content (AvgIpc) is 2.52. The molecule has 1 aromatic heterocycles. The van der Waals surface area contributed by atoms with Crippen molar-refractivity contribution in [1.82, 2.24) is 9.97 Å². The van der Waals surface area contributed by atoms with Crippen molar-refractivity contribution in [2.24, 2.45) is 0 Å². The number of hydrogen-bond acceptors (Lipinski definition) is 5. The van der Waals surface area contributed by atoms with Gasteiger partial charge in [-0.15, -0.1) is 0 Å².